The zero-order valence-corrected chi connectivity index (χ0v) is 9.18. The molecule has 0 saturated heterocycles. The Morgan fingerprint density at radius 1 is 1.45 bits per heavy atom. The van der Waals surface area contributed by atoms with Crippen LogP contribution in [0, 0.1) is 3.57 Å². The highest BCUT2D eigenvalue weighted by molar-refractivity contribution is 14.1. The molecular formula is C7H4BrIN2. The first kappa shape index (κ1) is 7.54. The van der Waals surface area contributed by atoms with Gasteiger partial charge in [0.05, 0.1) is 16.3 Å². The molecule has 0 amide bonds. The largest absolute Gasteiger partial charge is 0.345 e. The Labute approximate surface area is 85.7 Å². The maximum Gasteiger partial charge on any atom is 0.103 e. The van der Waals surface area contributed by atoms with Crippen molar-refractivity contribution in [2.45, 2.75) is 0 Å². The van der Waals surface area contributed by atoms with Gasteiger partial charge in [0.15, 0.2) is 0 Å². The van der Waals surface area contributed by atoms with Crippen LogP contribution in [0.4, 0.5) is 0 Å². The van der Waals surface area contributed by atoms with Crippen LogP contribution in [0.3, 0.4) is 0 Å². The van der Waals surface area contributed by atoms with Gasteiger partial charge in [0.1, 0.15) is 5.52 Å². The van der Waals surface area contributed by atoms with Gasteiger partial charge in [-0.25, -0.2) is 4.98 Å². The van der Waals surface area contributed by atoms with Crippen molar-refractivity contribution >= 4 is 49.6 Å². The van der Waals surface area contributed by atoms with E-state index in [1.807, 2.05) is 12.1 Å². The van der Waals surface area contributed by atoms with Crippen molar-refractivity contribution in [2.75, 3.05) is 0 Å². The molecule has 0 unspecified atom stereocenters. The fourth-order valence-electron chi connectivity index (χ4n) is 0.949. The molecule has 0 radical (unpaired) electrons. The van der Waals surface area contributed by atoms with Crippen LogP contribution in [0.2, 0.25) is 0 Å². The van der Waals surface area contributed by atoms with E-state index in [4.69, 9.17) is 0 Å². The molecule has 1 heterocycles. The average molecular weight is 323 g/mol. The molecule has 0 bridgehead atoms. The van der Waals surface area contributed by atoms with E-state index in [9.17, 15) is 0 Å². The molecule has 2 aromatic rings. The molecule has 1 aromatic heterocycles. The van der Waals surface area contributed by atoms with Crippen LogP contribution < -0.4 is 0 Å². The van der Waals surface area contributed by atoms with Crippen LogP contribution in [0.25, 0.3) is 11.0 Å². The van der Waals surface area contributed by atoms with Gasteiger partial charge in [0, 0.05) is 3.57 Å². The van der Waals surface area contributed by atoms with E-state index in [1.165, 1.54) is 3.57 Å². The van der Waals surface area contributed by atoms with Gasteiger partial charge in [-0.05, 0) is 50.7 Å². The zero-order chi connectivity index (χ0) is 7.84. The van der Waals surface area contributed by atoms with Gasteiger partial charge in [-0.1, -0.05) is 0 Å². The third-order valence-corrected chi connectivity index (χ3v) is 3.93. The topological polar surface area (TPSA) is 28.7 Å². The number of benzene rings is 1. The fourth-order valence-corrected chi connectivity index (χ4v) is 1.83. The number of halogens is 2. The number of nitrogens with zero attached hydrogens (tertiary/aromatic N) is 1. The van der Waals surface area contributed by atoms with Gasteiger partial charge < -0.3 is 4.98 Å². The molecule has 4 heteroatoms. The quantitative estimate of drug-likeness (QED) is 0.742. The smallest absolute Gasteiger partial charge is 0.103 e. The molecule has 56 valence electrons. The second-order valence-corrected chi connectivity index (χ2v) is 4.12. The van der Waals surface area contributed by atoms with Crippen molar-refractivity contribution in [3.63, 3.8) is 0 Å². The first-order valence-corrected chi connectivity index (χ1v) is 4.93. The van der Waals surface area contributed by atoms with E-state index in [0.717, 1.165) is 15.5 Å². The van der Waals surface area contributed by atoms with Crippen molar-refractivity contribution in [3.05, 3.63) is 26.5 Å². The number of nitrogens with one attached hydrogen (secondary N) is 1. The molecule has 0 aliphatic heterocycles. The van der Waals surface area contributed by atoms with Gasteiger partial charge in [0.2, 0.25) is 0 Å². The summed E-state index contributed by atoms with van der Waals surface area (Å²) in [6.07, 6.45) is 1.70. The second-order valence-electron chi connectivity index (χ2n) is 2.16. The summed E-state index contributed by atoms with van der Waals surface area (Å²) in [6.45, 7) is 0. The van der Waals surface area contributed by atoms with E-state index >= 15 is 0 Å². The Hall–Kier alpha value is -0.100. The minimum Gasteiger partial charge on any atom is -0.345 e. The van der Waals surface area contributed by atoms with Crippen molar-refractivity contribution in [2.24, 2.45) is 0 Å². The van der Waals surface area contributed by atoms with Crippen molar-refractivity contribution < 1.29 is 0 Å². The predicted molar refractivity (Wildman–Crippen MR) is 56.5 cm³/mol. The summed E-state index contributed by atoms with van der Waals surface area (Å²) in [5.74, 6) is 0. The second kappa shape index (κ2) is 2.75. The van der Waals surface area contributed by atoms with E-state index < -0.39 is 0 Å². The lowest BCUT2D eigenvalue weighted by Crippen LogP contribution is -1.76. The molecule has 0 spiro atoms. The minimum atomic E-state index is 0.997. The van der Waals surface area contributed by atoms with Crippen LogP contribution in [0.1, 0.15) is 0 Å². The molecule has 1 N–H and O–H groups in total. The number of fused-ring (bicyclic) bond motifs is 1. The van der Waals surface area contributed by atoms with Crippen LogP contribution in [-0.4, -0.2) is 9.97 Å². The standard InChI is InChI=1S/C7H4BrIN2/c8-6-4(9)1-2-5-7(6)11-3-10-5/h1-3H,(H,10,11). The Bertz CT molecular complexity index is 396. The average Bonchev–Trinajstić information content (AvgIpc) is 2.45. The number of hydrogen-bond donors (Lipinski definition) is 1. The SMILES string of the molecule is Brc1c(I)ccc2[nH]cnc12. The molecule has 0 atom stereocenters. The van der Waals surface area contributed by atoms with Crippen LogP contribution >= 0.6 is 38.5 Å². The summed E-state index contributed by atoms with van der Waals surface area (Å²) in [5.41, 5.74) is 2.06. The summed E-state index contributed by atoms with van der Waals surface area (Å²) in [4.78, 5) is 7.21. The van der Waals surface area contributed by atoms with Crippen LogP contribution in [0.5, 0.6) is 0 Å². The molecule has 0 aliphatic rings. The summed E-state index contributed by atoms with van der Waals surface area (Å²) < 4.78 is 2.25. The number of rotatable bonds is 0. The number of imidazole rings is 1. The molecule has 2 nitrogen and oxygen atoms in total. The lowest BCUT2D eigenvalue weighted by Gasteiger charge is -1.94. The normalized spacial score (nSPS) is 10.7. The molecule has 0 saturated carbocycles. The first-order valence-electron chi connectivity index (χ1n) is 3.06. The molecule has 1 aromatic carbocycles. The van der Waals surface area contributed by atoms with Gasteiger partial charge in [-0.2, -0.15) is 0 Å². The van der Waals surface area contributed by atoms with Crippen LogP contribution in [0.15, 0.2) is 22.9 Å². The minimum absolute atomic E-state index is 0.997. The van der Waals surface area contributed by atoms with Gasteiger partial charge >= 0.3 is 0 Å². The Balaban J connectivity index is 2.93. The van der Waals surface area contributed by atoms with Gasteiger partial charge in [0.25, 0.3) is 0 Å². The van der Waals surface area contributed by atoms with E-state index in [-0.39, 0.29) is 0 Å². The molecule has 0 fully saturated rings. The highest BCUT2D eigenvalue weighted by Gasteiger charge is 2.03. The molecular weight excluding hydrogens is 319 g/mol. The third-order valence-electron chi connectivity index (χ3n) is 1.48. The van der Waals surface area contributed by atoms with Crippen molar-refractivity contribution in [1.29, 1.82) is 0 Å². The van der Waals surface area contributed by atoms with Crippen molar-refractivity contribution in [1.82, 2.24) is 9.97 Å². The van der Waals surface area contributed by atoms with E-state index in [2.05, 4.69) is 48.5 Å². The molecule has 11 heavy (non-hydrogen) atoms. The van der Waals surface area contributed by atoms with Crippen LogP contribution in [-0.2, 0) is 0 Å². The Kier molecular flexibility index (Phi) is 1.88. The number of aromatic amines is 1. The van der Waals surface area contributed by atoms with E-state index in [0.29, 0.717) is 0 Å². The first-order chi connectivity index (χ1) is 5.29. The highest BCUT2D eigenvalue weighted by atomic mass is 127. The predicted octanol–water partition coefficient (Wildman–Crippen LogP) is 2.93. The summed E-state index contributed by atoms with van der Waals surface area (Å²) in [6, 6.07) is 4.07. The van der Waals surface area contributed by atoms with E-state index in [1.54, 1.807) is 6.33 Å². The van der Waals surface area contributed by atoms with Gasteiger partial charge in [-0.15, -0.1) is 0 Å². The maximum absolute atomic E-state index is 4.17. The monoisotopic (exact) mass is 322 g/mol. The van der Waals surface area contributed by atoms with Crippen molar-refractivity contribution in [3.8, 4) is 0 Å². The molecule has 2 rings (SSSR count). The maximum atomic E-state index is 4.17. The highest BCUT2D eigenvalue weighted by Crippen LogP contribution is 2.25. The Morgan fingerprint density at radius 2 is 2.27 bits per heavy atom. The number of hydrogen-bond acceptors (Lipinski definition) is 1. The lowest BCUT2D eigenvalue weighted by atomic mass is 10.3. The summed E-state index contributed by atoms with van der Waals surface area (Å²) in [7, 11) is 0. The molecule has 0 aliphatic carbocycles. The summed E-state index contributed by atoms with van der Waals surface area (Å²) in [5, 5.41) is 0. The van der Waals surface area contributed by atoms with Gasteiger partial charge in [-0.3, -0.25) is 0 Å². The Morgan fingerprint density at radius 3 is 3.09 bits per heavy atom. The zero-order valence-electron chi connectivity index (χ0n) is 5.44. The number of aromatic nitrogens is 2. The lowest BCUT2D eigenvalue weighted by molar-refractivity contribution is 1.34. The third kappa shape index (κ3) is 1.18. The fraction of sp³-hybridized carbons (Fsp3) is 0. The summed E-state index contributed by atoms with van der Waals surface area (Å²) >= 11 is 5.74. The number of H-pyrrole nitrogens is 1.